The van der Waals surface area contributed by atoms with Crippen LogP contribution in [0.2, 0.25) is 10.3 Å². The highest BCUT2D eigenvalue weighted by Crippen LogP contribution is 2.36. The van der Waals surface area contributed by atoms with Crippen LogP contribution in [0, 0.1) is 0 Å². The molecule has 92 valence electrons. The first kappa shape index (κ1) is 11.8. The fraction of sp³-hybridized carbons (Fsp3) is 0.231. The van der Waals surface area contributed by atoms with Crippen LogP contribution in [0.15, 0.2) is 30.3 Å². The normalized spacial score (nSPS) is 14.4. The van der Waals surface area contributed by atoms with E-state index in [9.17, 15) is 0 Å². The van der Waals surface area contributed by atoms with Crippen LogP contribution in [0.1, 0.15) is 12.0 Å². The predicted octanol–water partition coefficient (Wildman–Crippen LogP) is 3.87. The highest BCUT2D eigenvalue weighted by molar-refractivity contribution is 6.33. The maximum absolute atomic E-state index is 6.12. The highest BCUT2D eigenvalue weighted by atomic mass is 35.5. The Morgan fingerprint density at radius 2 is 1.89 bits per heavy atom. The number of fused-ring (bicyclic) bond motifs is 1. The molecule has 1 aliphatic heterocycles. The number of hydrogen-bond donors (Lipinski definition) is 0. The number of hydrogen-bond acceptors (Lipinski definition) is 3. The van der Waals surface area contributed by atoms with E-state index in [4.69, 9.17) is 23.2 Å². The third-order valence-electron chi connectivity index (χ3n) is 3.10. The largest absolute Gasteiger partial charge is 0.339 e. The maximum Gasteiger partial charge on any atom is 0.175 e. The summed E-state index contributed by atoms with van der Waals surface area (Å²) in [6.07, 6.45) is 2.18. The summed E-state index contributed by atoms with van der Waals surface area (Å²) in [6.45, 7) is 0.915. The summed E-state index contributed by atoms with van der Waals surface area (Å²) in [5.41, 5.74) is 3.33. The van der Waals surface area contributed by atoms with Gasteiger partial charge in [-0.05, 0) is 24.5 Å². The van der Waals surface area contributed by atoms with Crippen molar-refractivity contribution >= 4 is 34.6 Å². The molecule has 18 heavy (non-hydrogen) atoms. The molecule has 0 radical (unpaired) electrons. The zero-order valence-corrected chi connectivity index (χ0v) is 11.1. The summed E-state index contributed by atoms with van der Waals surface area (Å²) in [4.78, 5) is 2.15. The zero-order valence-electron chi connectivity index (χ0n) is 9.61. The van der Waals surface area contributed by atoms with E-state index in [2.05, 4.69) is 33.3 Å². The molecule has 0 fully saturated rings. The molecule has 0 saturated heterocycles. The van der Waals surface area contributed by atoms with Crippen molar-refractivity contribution in [2.45, 2.75) is 12.8 Å². The van der Waals surface area contributed by atoms with Crippen molar-refractivity contribution in [3.8, 4) is 0 Å². The van der Waals surface area contributed by atoms with E-state index in [-0.39, 0.29) is 0 Å². The van der Waals surface area contributed by atoms with Gasteiger partial charge in [-0.3, -0.25) is 0 Å². The van der Waals surface area contributed by atoms with E-state index in [1.54, 1.807) is 6.07 Å². The number of aryl methyl sites for hydroxylation is 1. The van der Waals surface area contributed by atoms with Gasteiger partial charge in [-0.1, -0.05) is 41.4 Å². The van der Waals surface area contributed by atoms with Crippen molar-refractivity contribution in [3.05, 3.63) is 46.2 Å². The third-order valence-corrected chi connectivity index (χ3v) is 3.56. The third kappa shape index (κ3) is 2.04. The lowest BCUT2D eigenvalue weighted by molar-refractivity contribution is 0.764. The zero-order chi connectivity index (χ0) is 12.5. The minimum absolute atomic E-state index is 0.359. The number of benzene rings is 1. The molecular formula is C13H11Cl2N3. The summed E-state index contributed by atoms with van der Waals surface area (Å²) < 4.78 is 0. The topological polar surface area (TPSA) is 29.0 Å². The van der Waals surface area contributed by atoms with Gasteiger partial charge in [0.2, 0.25) is 0 Å². The summed E-state index contributed by atoms with van der Waals surface area (Å²) >= 11 is 12.0. The molecule has 0 amide bonds. The van der Waals surface area contributed by atoms with Crippen LogP contribution < -0.4 is 4.90 Å². The minimum atomic E-state index is 0.359. The van der Waals surface area contributed by atoms with Gasteiger partial charge >= 0.3 is 0 Å². The molecule has 0 saturated carbocycles. The Labute approximate surface area is 115 Å². The second kappa shape index (κ2) is 4.75. The van der Waals surface area contributed by atoms with Gasteiger partial charge in [0.1, 0.15) is 0 Å². The maximum atomic E-state index is 6.12. The molecule has 1 aromatic carbocycles. The lowest BCUT2D eigenvalue weighted by atomic mass is 10.0. The Morgan fingerprint density at radius 1 is 1.06 bits per heavy atom. The molecule has 0 spiro atoms. The van der Waals surface area contributed by atoms with Crippen LogP contribution in [0.5, 0.6) is 0 Å². The van der Waals surface area contributed by atoms with E-state index in [0.29, 0.717) is 10.3 Å². The van der Waals surface area contributed by atoms with E-state index >= 15 is 0 Å². The lowest BCUT2D eigenvalue weighted by Gasteiger charge is -2.31. The minimum Gasteiger partial charge on any atom is -0.339 e. The van der Waals surface area contributed by atoms with Crippen LogP contribution in [0.4, 0.5) is 11.4 Å². The lowest BCUT2D eigenvalue weighted by Crippen LogP contribution is -2.25. The monoisotopic (exact) mass is 279 g/mol. The standard InChI is InChI=1S/C13H11Cl2N3/c14-12-8-11(13(15)17-16-12)18-7-3-5-9-4-1-2-6-10(9)18/h1-2,4,6,8H,3,5,7H2. The van der Waals surface area contributed by atoms with Crippen LogP contribution in [-0.4, -0.2) is 16.7 Å². The first-order valence-corrected chi connectivity index (χ1v) is 6.55. The predicted molar refractivity (Wildman–Crippen MR) is 73.8 cm³/mol. The SMILES string of the molecule is Clc1cc(N2CCCc3ccccc32)c(Cl)nn1. The fourth-order valence-corrected chi connectivity index (χ4v) is 2.65. The van der Waals surface area contributed by atoms with E-state index in [1.807, 2.05) is 6.07 Å². The number of nitrogens with zero attached hydrogens (tertiary/aromatic N) is 3. The van der Waals surface area contributed by atoms with Crippen LogP contribution >= 0.6 is 23.2 Å². The molecule has 5 heteroatoms. The Bertz CT molecular complexity index is 586. The van der Waals surface area contributed by atoms with Crippen molar-refractivity contribution < 1.29 is 0 Å². The van der Waals surface area contributed by atoms with Gasteiger partial charge in [-0.2, -0.15) is 0 Å². The summed E-state index contributed by atoms with van der Waals surface area (Å²) in [5, 5.41) is 8.36. The van der Waals surface area contributed by atoms with Gasteiger partial charge in [0.25, 0.3) is 0 Å². The van der Waals surface area contributed by atoms with Crippen LogP contribution in [0.3, 0.4) is 0 Å². The van der Waals surface area contributed by atoms with Crippen molar-refractivity contribution in [2.24, 2.45) is 0 Å². The number of aromatic nitrogens is 2. The number of anilines is 2. The molecule has 1 aliphatic rings. The van der Waals surface area contributed by atoms with Crippen molar-refractivity contribution in [2.75, 3.05) is 11.4 Å². The van der Waals surface area contributed by atoms with E-state index < -0.39 is 0 Å². The van der Waals surface area contributed by atoms with E-state index in [1.165, 1.54) is 11.3 Å². The van der Waals surface area contributed by atoms with Crippen LogP contribution in [0.25, 0.3) is 0 Å². The van der Waals surface area contributed by atoms with Gasteiger partial charge < -0.3 is 4.90 Å². The molecule has 0 bridgehead atoms. The number of halogens is 2. The van der Waals surface area contributed by atoms with Gasteiger partial charge in [0, 0.05) is 18.3 Å². The molecular weight excluding hydrogens is 269 g/mol. The first-order chi connectivity index (χ1) is 8.75. The van der Waals surface area contributed by atoms with Crippen molar-refractivity contribution in [1.82, 2.24) is 10.2 Å². The van der Waals surface area contributed by atoms with Crippen molar-refractivity contribution in [3.63, 3.8) is 0 Å². The first-order valence-electron chi connectivity index (χ1n) is 5.80. The summed E-state index contributed by atoms with van der Waals surface area (Å²) in [7, 11) is 0. The average Bonchev–Trinajstić information content (AvgIpc) is 2.41. The number of para-hydroxylation sites is 1. The molecule has 2 aromatic rings. The summed E-state index contributed by atoms with van der Waals surface area (Å²) in [6, 6.07) is 10.1. The van der Waals surface area contributed by atoms with Gasteiger partial charge in [0.05, 0.1) is 5.69 Å². The molecule has 0 atom stereocenters. The molecule has 0 unspecified atom stereocenters. The fourth-order valence-electron chi connectivity index (χ4n) is 2.32. The Hall–Kier alpha value is -1.32. The quantitative estimate of drug-likeness (QED) is 0.794. The van der Waals surface area contributed by atoms with Gasteiger partial charge in [0.15, 0.2) is 10.3 Å². The van der Waals surface area contributed by atoms with E-state index in [0.717, 1.165) is 25.1 Å². The summed E-state index contributed by atoms with van der Waals surface area (Å²) in [5.74, 6) is 0. The highest BCUT2D eigenvalue weighted by Gasteiger charge is 2.20. The smallest absolute Gasteiger partial charge is 0.175 e. The van der Waals surface area contributed by atoms with Gasteiger partial charge in [-0.15, -0.1) is 10.2 Å². The second-order valence-corrected chi connectivity index (χ2v) is 4.97. The Kier molecular flexibility index (Phi) is 3.10. The molecule has 3 nitrogen and oxygen atoms in total. The van der Waals surface area contributed by atoms with Crippen molar-refractivity contribution in [1.29, 1.82) is 0 Å². The molecule has 3 rings (SSSR count). The molecule has 0 N–H and O–H groups in total. The second-order valence-electron chi connectivity index (χ2n) is 4.23. The average molecular weight is 280 g/mol. The molecule has 1 aromatic heterocycles. The van der Waals surface area contributed by atoms with Gasteiger partial charge in [-0.25, -0.2) is 0 Å². The molecule has 0 aliphatic carbocycles. The molecule has 2 heterocycles. The Balaban J connectivity index is 2.11. The number of rotatable bonds is 1. The Morgan fingerprint density at radius 3 is 2.78 bits per heavy atom. The van der Waals surface area contributed by atoms with Crippen LogP contribution in [-0.2, 0) is 6.42 Å².